The SMILES string of the molecule is CN1C=NC2(CC2)C1=S. The van der Waals surface area contributed by atoms with Crippen LogP contribution in [0, 0.1) is 0 Å². The fourth-order valence-corrected chi connectivity index (χ4v) is 1.40. The van der Waals surface area contributed by atoms with E-state index in [1.54, 1.807) is 0 Å². The van der Waals surface area contributed by atoms with Crippen molar-refractivity contribution in [2.24, 2.45) is 4.99 Å². The van der Waals surface area contributed by atoms with Gasteiger partial charge in [0.25, 0.3) is 0 Å². The summed E-state index contributed by atoms with van der Waals surface area (Å²) in [7, 11) is 1.96. The molecule has 1 spiro atoms. The molecule has 1 fully saturated rings. The number of likely N-dealkylation sites (N-methyl/N-ethyl adjacent to an activating group) is 1. The van der Waals surface area contributed by atoms with Crippen LogP contribution in [0.4, 0.5) is 0 Å². The molecule has 48 valence electrons. The Morgan fingerprint density at radius 1 is 1.78 bits per heavy atom. The second kappa shape index (κ2) is 1.34. The van der Waals surface area contributed by atoms with Gasteiger partial charge >= 0.3 is 0 Å². The first-order valence-electron chi connectivity index (χ1n) is 3.07. The largest absolute Gasteiger partial charge is 0.328 e. The van der Waals surface area contributed by atoms with Gasteiger partial charge in [-0.15, -0.1) is 0 Å². The van der Waals surface area contributed by atoms with Crippen LogP contribution in [-0.4, -0.2) is 28.8 Å². The normalized spacial score (nSPS) is 28.1. The van der Waals surface area contributed by atoms with Crippen LogP contribution in [0.15, 0.2) is 4.99 Å². The molecule has 0 radical (unpaired) electrons. The molecule has 0 N–H and O–H groups in total. The molecule has 0 saturated heterocycles. The topological polar surface area (TPSA) is 15.6 Å². The molecule has 2 aliphatic rings. The van der Waals surface area contributed by atoms with E-state index in [1.165, 1.54) is 0 Å². The third-order valence-electron chi connectivity index (χ3n) is 1.92. The highest BCUT2D eigenvalue weighted by Crippen LogP contribution is 2.43. The van der Waals surface area contributed by atoms with Gasteiger partial charge in [0, 0.05) is 7.05 Å². The second-order valence-corrected chi connectivity index (χ2v) is 3.08. The molecule has 0 unspecified atom stereocenters. The third-order valence-corrected chi connectivity index (χ3v) is 2.59. The van der Waals surface area contributed by atoms with Crippen molar-refractivity contribution in [3.63, 3.8) is 0 Å². The monoisotopic (exact) mass is 140 g/mol. The van der Waals surface area contributed by atoms with Gasteiger partial charge in [0.1, 0.15) is 10.5 Å². The molecule has 0 aromatic rings. The molecule has 2 rings (SSSR count). The average molecular weight is 140 g/mol. The second-order valence-electron chi connectivity index (χ2n) is 2.69. The maximum atomic E-state index is 5.14. The van der Waals surface area contributed by atoms with E-state index in [1.807, 2.05) is 18.3 Å². The maximum absolute atomic E-state index is 5.14. The summed E-state index contributed by atoms with van der Waals surface area (Å²) in [6.45, 7) is 0. The minimum atomic E-state index is 0.101. The Morgan fingerprint density at radius 3 is 2.67 bits per heavy atom. The van der Waals surface area contributed by atoms with E-state index in [-0.39, 0.29) is 5.54 Å². The van der Waals surface area contributed by atoms with Crippen molar-refractivity contribution in [2.45, 2.75) is 18.4 Å². The number of hydrogen-bond donors (Lipinski definition) is 0. The lowest BCUT2D eigenvalue weighted by molar-refractivity contribution is 0.782. The van der Waals surface area contributed by atoms with Gasteiger partial charge in [0.05, 0.1) is 6.34 Å². The zero-order valence-electron chi connectivity index (χ0n) is 5.29. The number of aliphatic imine (C=N–C) groups is 1. The zero-order chi connectivity index (χ0) is 6.48. The lowest BCUT2D eigenvalue weighted by atomic mass is 10.3. The first kappa shape index (κ1) is 5.35. The van der Waals surface area contributed by atoms with Crippen LogP contribution in [0.2, 0.25) is 0 Å². The van der Waals surface area contributed by atoms with Crippen molar-refractivity contribution >= 4 is 23.5 Å². The van der Waals surface area contributed by atoms with Crippen LogP contribution < -0.4 is 0 Å². The van der Waals surface area contributed by atoms with Gasteiger partial charge < -0.3 is 4.90 Å². The van der Waals surface area contributed by atoms with Crippen molar-refractivity contribution in [1.82, 2.24) is 4.90 Å². The molecule has 0 bridgehead atoms. The van der Waals surface area contributed by atoms with Gasteiger partial charge in [-0.25, -0.2) is 0 Å². The van der Waals surface area contributed by atoms with E-state index >= 15 is 0 Å². The van der Waals surface area contributed by atoms with E-state index in [2.05, 4.69) is 4.99 Å². The Labute approximate surface area is 59.6 Å². The standard InChI is InChI=1S/C6H8N2S/c1-8-4-7-6(2-3-6)5(8)9/h4H,2-3H2,1H3. The molecule has 1 aliphatic carbocycles. The van der Waals surface area contributed by atoms with Crippen LogP contribution in [0.3, 0.4) is 0 Å². The number of rotatable bonds is 0. The van der Waals surface area contributed by atoms with Crippen LogP contribution in [0.5, 0.6) is 0 Å². The van der Waals surface area contributed by atoms with Gasteiger partial charge in [-0.2, -0.15) is 0 Å². The van der Waals surface area contributed by atoms with Gasteiger partial charge in [0.15, 0.2) is 0 Å². The predicted molar refractivity (Wildman–Crippen MR) is 40.8 cm³/mol. The molecule has 1 heterocycles. The first-order chi connectivity index (χ1) is 4.25. The Bertz CT molecular complexity index is 193. The van der Waals surface area contributed by atoms with Crippen molar-refractivity contribution in [3.05, 3.63) is 0 Å². The first-order valence-corrected chi connectivity index (χ1v) is 3.48. The summed E-state index contributed by atoms with van der Waals surface area (Å²) < 4.78 is 0. The molecule has 0 amide bonds. The third kappa shape index (κ3) is 0.553. The Balaban J connectivity index is 2.32. The van der Waals surface area contributed by atoms with Gasteiger partial charge in [0.2, 0.25) is 0 Å². The highest BCUT2D eigenvalue weighted by molar-refractivity contribution is 7.80. The molecule has 2 nitrogen and oxygen atoms in total. The quantitative estimate of drug-likeness (QED) is 0.463. The molecule has 1 saturated carbocycles. The summed E-state index contributed by atoms with van der Waals surface area (Å²) in [6.07, 6.45) is 4.15. The lowest BCUT2D eigenvalue weighted by Crippen LogP contribution is -2.26. The highest BCUT2D eigenvalue weighted by atomic mass is 32.1. The Hall–Kier alpha value is -0.440. The summed E-state index contributed by atoms with van der Waals surface area (Å²) in [5.41, 5.74) is 0.101. The fourth-order valence-electron chi connectivity index (χ4n) is 1.09. The van der Waals surface area contributed by atoms with Crippen molar-refractivity contribution in [2.75, 3.05) is 7.05 Å². The van der Waals surface area contributed by atoms with Crippen LogP contribution in [0.1, 0.15) is 12.8 Å². The minimum absolute atomic E-state index is 0.101. The summed E-state index contributed by atoms with van der Waals surface area (Å²) >= 11 is 5.14. The van der Waals surface area contributed by atoms with Gasteiger partial charge in [-0.3, -0.25) is 4.99 Å². The van der Waals surface area contributed by atoms with Crippen molar-refractivity contribution in [1.29, 1.82) is 0 Å². The summed E-state index contributed by atoms with van der Waals surface area (Å²) in [6, 6.07) is 0. The van der Waals surface area contributed by atoms with E-state index in [0.717, 1.165) is 17.8 Å². The maximum Gasteiger partial charge on any atom is 0.113 e. The molecule has 1 aliphatic heterocycles. The smallest absolute Gasteiger partial charge is 0.113 e. The summed E-state index contributed by atoms with van der Waals surface area (Å²) in [4.78, 5) is 7.24. The van der Waals surface area contributed by atoms with E-state index < -0.39 is 0 Å². The predicted octanol–water partition coefficient (Wildman–Crippen LogP) is 0.820. The summed E-state index contributed by atoms with van der Waals surface area (Å²) in [5, 5.41) is 0. The molecule has 3 heteroatoms. The molecule has 0 aromatic carbocycles. The summed E-state index contributed by atoms with van der Waals surface area (Å²) in [5.74, 6) is 0. The molecular weight excluding hydrogens is 132 g/mol. The fraction of sp³-hybridized carbons (Fsp3) is 0.667. The molecule has 9 heavy (non-hydrogen) atoms. The van der Waals surface area contributed by atoms with Crippen molar-refractivity contribution in [3.8, 4) is 0 Å². The van der Waals surface area contributed by atoms with Gasteiger partial charge in [-0.1, -0.05) is 12.2 Å². The Kier molecular flexibility index (Phi) is 0.799. The molecule has 0 atom stereocenters. The average Bonchev–Trinajstić information content (AvgIpc) is 2.57. The molecular formula is C6H8N2S. The number of nitrogens with zero attached hydrogens (tertiary/aromatic N) is 2. The van der Waals surface area contributed by atoms with Crippen LogP contribution >= 0.6 is 12.2 Å². The minimum Gasteiger partial charge on any atom is -0.328 e. The number of hydrogen-bond acceptors (Lipinski definition) is 2. The van der Waals surface area contributed by atoms with Crippen LogP contribution in [-0.2, 0) is 0 Å². The Morgan fingerprint density at radius 2 is 2.44 bits per heavy atom. The molecule has 0 aromatic heterocycles. The van der Waals surface area contributed by atoms with E-state index in [0.29, 0.717) is 0 Å². The van der Waals surface area contributed by atoms with E-state index in [4.69, 9.17) is 12.2 Å². The highest BCUT2D eigenvalue weighted by Gasteiger charge is 2.50. The van der Waals surface area contributed by atoms with Crippen molar-refractivity contribution < 1.29 is 0 Å². The van der Waals surface area contributed by atoms with E-state index in [9.17, 15) is 0 Å². The number of thiocarbonyl (C=S) groups is 1. The lowest BCUT2D eigenvalue weighted by Gasteiger charge is -2.08. The zero-order valence-corrected chi connectivity index (χ0v) is 6.11. The van der Waals surface area contributed by atoms with Crippen LogP contribution in [0.25, 0.3) is 0 Å². The van der Waals surface area contributed by atoms with Gasteiger partial charge in [-0.05, 0) is 12.8 Å².